The van der Waals surface area contributed by atoms with E-state index in [2.05, 4.69) is 6.07 Å². The molecule has 1 aromatic carbocycles. The zero-order valence-electron chi connectivity index (χ0n) is 5.36. The van der Waals surface area contributed by atoms with Gasteiger partial charge in [-0.3, -0.25) is 4.57 Å². The highest BCUT2D eigenvalue weighted by Gasteiger charge is 2.16. The van der Waals surface area contributed by atoms with Crippen molar-refractivity contribution >= 4 is 24.5 Å². The quantitative estimate of drug-likeness (QED) is 0.650. The summed E-state index contributed by atoms with van der Waals surface area (Å²) in [4.78, 5) is 17.3. The van der Waals surface area contributed by atoms with E-state index in [-0.39, 0.29) is 5.30 Å². The topological polar surface area (TPSA) is 57.5 Å². The second kappa shape index (κ2) is 2.95. The van der Waals surface area contributed by atoms with E-state index in [1.54, 1.807) is 0 Å². The summed E-state index contributed by atoms with van der Waals surface area (Å²) in [5.41, 5.74) is 0. The fourth-order valence-electron chi connectivity index (χ4n) is 0.595. The lowest BCUT2D eigenvalue weighted by Gasteiger charge is -2.01. The van der Waals surface area contributed by atoms with E-state index >= 15 is 0 Å². The molecule has 0 heterocycles. The van der Waals surface area contributed by atoms with Crippen molar-refractivity contribution in [2.45, 2.75) is 0 Å². The Morgan fingerprint density at radius 1 is 1.55 bits per heavy atom. The van der Waals surface area contributed by atoms with Crippen molar-refractivity contribution in [3.63, 3.8) is 0 Å². The lowest BCUT2D eigenvalue weighted by molar-refractivity contribution is 0.387. The molecule has 0 aliphatic carbocycles. The van der Waals surface area contributed by atoms with Crippen LogP contribution in [0.5, 0.6) is 0 Å². The molecule has 59 valence electrons. The monoisotopic (exact) mass is 191 g/mol. The van der Waals surface area contributed by atoms with Crippen molar-refractivity contribution in [2.24, 2.45) is 0 Å². The maximum absolute atomic E-state index is 10.6. The van der Waals surface area contributed by atoms with Crippen molar-refractivity contribution in [1.29, 1.82) is 0 Å². The first-order valence-corrected chi connectivity index (χ1v) is 4.72. The maximum Gasteiger partial charge on any atom is 0.356 e. The molecule has 0 aromatic heterocycles. The molecule has 0 atom stereocenters. The van der Waals surface area contributed by atoms with Gasteiger partial charge in [0.15, 0.2) is 0 Å². The standard InChI is InChI=1S/C6H5ClO3P/c7-5-2-1-3-6(4-5)11(8,9)10/h1-2,4H,(H2,8,9,10). The third kappa shape index (κ3) is 2.31. The predicted octanol–water partition coefficient (Wildman–Crippen LogP) is 0.943. The van der Waals surface area contributed by atoms with Crippen LogP contribution in [0.1, 0.15) is 0 Å². The first-order chi connectivity index (χ1) is 5.00. The van der Waals surface area contributed by atoms with Crippen LogP contribution in [0.2, 0.25) is 5.02 Å². The van der Waals surface area contributed by atoms with Crippen LogP contribution >= 0.6 is 19.2 Å². The Balaban J connectivity index is 3.17. The Morgan fingerprint density at radius 3 is 2.55 bits per heavy atom. The van der Waals surface area contributed by atoms with Gasteiger partial charge in [-0.05, 0) is 18.2 Å². The van der Waals surface area contributed by atoms with E-state index in [9.17, 15) is 4.57 Å². The van der Waals surface area contributed by atoms with Gasteiger partial charge in [0.05, 0.1) is 5.30 Å². The molecule has 1 aromatic rings. The summed E-state index contributed by atoms with van der Waals surface area (Å²) in [7, 11) is -4.19. The van der Waals surface area contributed by atoms with E-state index in [4.69, 9.17) is 21.4 Å². The van der Waals surface area contributed by atoms with Crippen molar-refractivity contribution < 1.29 is 14.4 Å². The molecule has 11 heavy (non-hydrogen) atoms. The van der Waals surface area contributed by atoms with Crippen LogP contribution in [0.25, 0.3) is 0 Å². The van der Waals surface area contributed by atoms with Gasteiger partial charge < -0.3 is 9.79 Å². The predicted molar refractivity (Wildman–Crippen MR) is 42.0 cm³/mol. The molecule has 0 fully saturated rings. The van der Waals surface area contributed by atoms with Gasteiger partial charge in [-0.15, -0.1) is 0 Å². The Morgan fingerprint density at radius 2 is 2.18 bits per heavy atom. The smallest absolute Gasteiger partial charge is 0.321 e. The largest absolute Gasteiger partial charge is 0.356 e. The average molecular weight is 192 g/mol. The van der Waals surface area contributed by atoms with Gasteiger partial charge in [-0.25, -0.2) is 0 Å². The molecule has 1 radical (unpaired) electrons. The fourth-order valence-corrected chi connectivity index (χ4v) is 1.39. The lowest BCUT2D eigenvalue weighted by atomic mass is 10.4. The molecule has 0 aliphatic heterocycles. The highest BCUT2D eigenvalue weighted by Crippen LogP contribution is 2.33. The van der Waals surface area contributed by atoms with E-state index in [0.717, 1.165) is 0 Å². The summed E-state index contributed by atoms with van der Waals surface area (Å²) >= 11 is 5.49. The molecule has 0 saturated heterocycles. The molecule has 0 unspecified atom stereocenters. The minimum Gasteiger partial charge on any atom is -0.321 e. The highest BCUT2D eigenvalue weighted by atomic mass is 35.5. The Hall–Kier alpha value is -0.340. The van der Waals surface area contributed by atoms with E-state index < -0.39 is 7.60 Å². The normalized spacial score (nSPS) is 11.5. The van der Waals surface area contributed by atoms with E-state index in [0.29, 0.717) is 5.02 Å². The Bertz CT molecular complexity index is 306. The van der Waals surface area contributed by atoms with Crippen LogP contribution < -0.4 is 5.30 Å². The second-order valence-electron chi connectivity index (χ2n) is 1.94. The fraction of sp³-hybridized carbons (Fsp3) is 0. The molecule has 0 spiro atoms. The highest BCUT2D eigenvalue weighted by molar-refractivity contribution is 7.60. The van der Waals surface area contributed by atoms with E-state index in [1.807, 2.05) is 0 Å². The summed E-state index contributed by atoms with van der Waals surface area (Å²) < 4.78 is 10.6. The zero-order valence-corrected chi connectivity index (χ0v) is 7.01. The van der Waals surface area contributed by atoms with Gasteiger partial charge in [0.2, 0.25) is 0 Å². The SMILES string of the molecule is O=P(O)(O)c1[c]ccc(Cl)c1. The number of rotatable bonds is 1. The molecule has 2 N–H and O–H groups in total. The Kier molecular flexibility index (Phi) is 2.35. The molecule has 0 aliphatic rings. The molecule has 0 bridgehead atoms. The minimum atomic E-state index is -4.19. The molecule has 0 amide bonds. The van der Waals surface area contributed by atoms with Crippen molar-refractivity contribution in [2.75, 3.05) is 0 Å². The minimum absolute atomic E-state index is 0.176. The van der Waals surface area contributed by atoms with E-state index in [1.165, 1.54) is 18.2 Å². The first-order valence-electron chi connectivity index (χ1n) is 2.73. The van der Waals surface area contributed by atoms with Crippen LogP contribution in [0.3, 0.4) is 0 Å². The number of halogens is 1. The first kappa shape index (κ1) is 8.75. The summed E-state index contributed by atoms with van der Waals surface area (Å²) in [6.07, 6.45) is 0. The molecule has 3 nitrogen and oxygen atoms in total. The molecule has 0 saturated carbocycles. The van der Waals surface area contributed by atoms with Gasteiger partial charge in [0.25, 0.3) is 0 Å². The maximum atomic E-state index is 10.6. The molecular weight excluding hydrogens is 186 g/mol. The summed E-state index contributed by atoms with van der Waals surface area (Å²) in [5.74, 6) is 0. The van der Waals surface area contributed by atoms with Crippen LogP contribution in [-0.4, -0.2) is 9.79 Å². The van der Waals surface area contributed by atoms with Crippen molar-refractivity contribution in [3.8, 4) is 0 Å². The molecule has 5 heteroatoms. The third-order valence-electron chi connectivity index (χ3n) is 1.06. The van der Waals surface area contributed by atoms with Gasteiger partial charge >= 0.3 is 7.60 Å². The third-order valence-corrected chi connectivity index (χ3v) is 2.18. The zero-order chi connectivity index (χ0) is 8.48. The number of hydrogen-bond donors (Lipinski definition) is 2. The van der Waals surface area contributed by atoms with Gasteiger partial charge in [-0.2, -0.15) is 0 Å². The number of benzene rings is 1. The number of hydrogen-bond acceptors (Lipinski definition) is 1. The van der Waals surface area contributed by atoms with Crippen LogP contribution in [0.4, 0.5) is 0 Å². The van der Waals surface area contributed by atoms with Crippen LogP contribution in [0.15, 0.2) is 18.2 Å². The van der Waals surface area contributed by atoms with Crippen LogP contribution in [-0.2, 0) is 4.57 Å². The van der Waals surface area contributed by atoms with Crippen LogP contribution in [0, 0.1) is 6.07 Å². The average Bonchev–Trinajstić information content (AvgIpc) is 1.86. The summed E-state index contributed by atoms with van der Waals surface area (Å²) in [6, 6.07) is 6.47. The van der Waals surface area contributed by atoms with Crippen molar-refractivity contribution in [1.82, 2.24) is 0 Å². The second-order valence-corrected chi connectivity index (χ2v) is 3.94. The Labute approximate surface area is 68.8 Å². The molecule has 1 rings (SSSR count). The van der Waals surface area contributed by atoms with Gasteiger partial charge in [0.1, 0.15) is 0 Å². The van der Waals surface area contributed by atoms with Gasteiger partial charge in [-0.1, -0.05) is 17.7 Å². The summed E-state index contributed by atoms with van der Waals surface area (Å²) in [5, 5.41) is 0.118. The van der Waals surface area contributed by atoms with Gasteiger partial charge in [0, 0.05) is 5.02 Å². The summed E-state index contributed by atoms with van der Waals surface area (Å²) in [6.45, 7) is 0. The molecular formula is C6H5ClO3P. The van der Waals surface area contributed by atoms with Crippen molar-refractivity contribution in [3.05, 3.63) is 29.3 Å². The lowest BCUT2D eigenvalue weighted by Crippen LogP contribution is -2.02.